The Morgan fingerprint density at radius 3 is 2.72 bits per heavy atom. The van der Waals surface area contributed by atoms with E-state index in [0.29, 0.717) is 28.5 Å². The molecule has 0 aliphatic carbocycles. The summed E-state index contributed by atoms with van der Waals surface area (Å²) in [4.78, 5) is 32.0. The van der Waals surface area contributed by atoms with Crippen molar-refractivity contribution < 1.29 is 9.53 Å². The summed E-state index contributed by atoms with van der Waals surface area (Å²) in [6.45, 7) is 2.97. The number of nitrogens with zero attached hydrogens (tertiary/aromatic N) is 2. The molecule has 0 bridgehead atoms. The Bertz CT molecular complexity index is 1260. The predicted molar refractivity (Wildman–Crippen MR) is 133 cm³/mol. The Labute approximate surface area is 198 Å². The van der Waals surface area contributed by atoms with E-state index < -0.39 is 0 Å². The largest absolute Gasteiger partial charge is 0.497 e. The van der Waals surface area contributed by atoms with Crippen molar-refractivity contribution in [1.29, 1.82) is 0 Å². The monoisotopic (exact) mass is 485 g/mol. The van der Waals surface area contributed by atoms with Gasteiger partial charge in [0.15, 0.2) is 5.16 Å². The topological polar surface area (TPSA) is 73.2 Å². The maximum atomic E-state index is 13.2. The van der Waals surface area contributed by atoms with Gasteiger partial charge in [0.1, 0.15) is 10.6 Å². The number of thioether (sulfide) groups is 1. The Kier molecular flexibility index (Phi) is 7.29. The smallest absolute Gasteiger partial charge is 0.263 e. The van der Waals surface area contributed by atoms with Crippen molar-refractivity contribution in [2.24, 2.45) is 0 Å². The van der Waals surface area contributed by atoms with Crippen molar-refractivity contribution in [2.45, 2.75) is 25.0 Å². The lowest BCUT2D eigenvalue weighted by Gasteiger charge is -2.10. The van der Waals surface area contributed by atoms with E-state index in [1.807, 2.05) is 54.1 Å². The number of aromatic nitrogens is 2. The van der Waals surface area contributed by atoms with E-state index in [1.165, 1.54) is 23.1 Å². The van der Waals surface area contributed by atoms with Gasteiger partial charge < -0.3 is 10.1 Å². The van der Waals surface area contributed by atoms with Gasteiger partial charge in [-0.2, -0.15) is 0 Å². The summed E-state index contributed by atoms with van der Waals surface area (Å²) in [6.07, 6.45) is 0.741. The fourth-order valence-corrected chi connectivity index (χ4v) is 6.02. The average Bonchev–Trinajstić information content (AvgIpc) is 3.48. The third kappa shape index (κ3) is 4.90. The molecule has 32 heavy (non-hydrogen) atoms. The van der Waals surface area contributed by atoms with Gasteiger partial charge in [0.25, 0.3) is 5.56 Å². The van der Waals surface area contributed by atoms with Crippen LogP contribution in [0.15, 0.2) is 57.1 Å². The van der Waals surface area contributed by atoms with E-state index in [4.69, 9.17) is 9.72 Å². The molecule has 0 fully saturated rings. The van der Waals surface area contributed by atoms with Crippen LogP contribution >= 0.6 is 34.4 Å². The van der Waals surface area contributed by atoms with Crippen molar-refractivity contribution in [2.75, 3.05) is 19.4 Å². The number of fused-ring (bicyclic) bond motifs is 1. The molecule has 4 aromatic rings. The molecular formula is C23H23N3O3S3. The van der Waals surface area contributed by atoms with Crippen molar-refractivity contribution in [3.63, 3.8) is 0 Å². The van der Waals surface area contributed by atoms with Gasteiger partial charge in [-0.3, -0.25) is 14.2 Å². The van der Waals surface area contributed by atoms with Crippen LogP contribution in [-0.4, -0.2) is 34.9 Å². The van der Waals surface area contributed by atoms with Gasteiger partial charge in [0.2, 0.25) is 5.91 Å². The van der Waals surface area contributed by atoms with Crippen LogP contribution < -0.4 is 15.6 Å². The van der Waals surface area contributed by atoms with E-state index in [1.54, 1.807) is 23.0 Å². The van der Waals surface area contributed by atoms with E-state index >= 15 is 0 Å². The van der Waals surface area contributed by atoms with Gasteiger partial charge in [-0.25, -0.2) is 4.98 Å². The number of ether oxygens (including phenoxy) is 1. The van der Waals surface area contributed by atoms with Gasteiger partial charge in [-0.1, -0.05) is 30.0 Å². The first-order valence-corrected chi connectivity index (χ1v) is 12.9. The molecule has 0 radical (unpaired) electrons. The minimum absolute atomic E-state index is 0.0513. The molecule has 0 saturated carbocycles. The minimum atomic E-state index is -0.0778. The second-order valence-corrected chi connectivity index (χ2v) is 9.74. The Morgan fingerprint density at radius 1 is 1.22 bits per heavy atom. The highest BCUT2D eigenvalue weighted by molar-refractivity contribution is 7.99. The number of carbonyl (C=O) groups is 1. The molecule has 4 rings (SSSR count). The van der Waals surface area contributed by atoms with Crippen LogP contribution in [0, 0.1) is 0 Å². The quantitative estimate of drug-likeness (QED) is 0.276. The van der Waals surface area contributed by atoms with E-state index in [-0.39, 0.29) is 17.2 Å². The minimum Gasteiger partial charge on any atom is -0.497 e. The third-order valence-corrected chi connectivity index (χ3v) is 7.74. The van der Waals surface area contributed by atoms with Gasteiger partial charge in [0.05, 0.1) is 18.2 Å². The first kappa shape index (κ1) is 22.6. The molecule has 0 atom stereocenters. The molecule has 0 saturated heterocycles. The van der Waals surface area contributed by atoms with Gasteiger partial charge >= 0.3 is 0 Å². The molecule has 1 N–H and O–H groups in total. The first-order chi connectivity index (χ1) is 15.6. The second kappa shape index (κ2) is 10.3. The number of benzene rings is 1. The molecule has 1 amide bonds. The number of hydrogen-bond acceptors (Lipinski definition) is 7. The summed E-state index contributed by atoms with van der Waals surface area (Å²) < 4.78 is 6.81. The molecule has 166 valence electrons. The molecule has 3 heterocycles. The Hall–Kier alpha value is -2.62. The normalized spacial score (nSPS) is 11.1. The third-order valence-electron chi connectivity index (χ3n) is 4.99. The van der Waals surface area contributed by atoms with E-state index in [2.05, 4.69) is 5.32 Å². The number of carbonyl (C=O) groups excluding carboxylic acids is 1. The lowest BCUT2D eigenvalue weighted by molar-refractivity contribution is -0.118. The van der Waals surface area contributed by atoms with Crippen molar-refractivity contribution >= 4 is 50.6 Å². The van der Waals surface area contributed by atoms with Crippen molar-refractivity contribution in [3.05, 3.63) is 63.1 Å². The molecule has 6 nitrogen and oxygen atoms in total. The summed E-state index contributed by atoms with van der Waals surface area (Å²) in [5.74, 6) is 0.948. The second-order valence-electron chi connectivity index (χ2n) is 6.99. The summed E-state index contributed by atoms with van der Waals surface area (Å²) >= 11 is 4.38. The fraction of sp³-hybridized carbons (Fsp3) is 0.261. The zero-order valence-electron chi connectivity index (χ0n) is 17.8. The molecule has 3 aromatic heterocycles. The van der Waals surface area contributed by atoms with Crippen LogP contribution in [0.1, 0.15) is 12.5 Å². The number of nitrogens with one attached hydrogen (secondary N) is 1. The number of amides is 1. The maximum absolute atomic E-state index is 13.2. The molecule has 0 aliphatic rings. The zero-order chi connectivity index (χ0) is 22.5. The highest BCUT2D eigenvalue weighted by Crippen LogP contribution is 2.34. The number of thiophene rings is 2. The SMILES string of the molecule is CCn1c(SCC(=O)NCCc2ccc(OC)cc2)nc2scc(-c3cccs3)c2c1=O. The van der Waals surface area contributed by atoms with Gasteiger partial charge in [-0.15, -0.1) is 22.7 Å². The molecular weight excluding hydrogens is 462 g/mol. The molecule has 0 aliphatic heterocycles. The zero-order valence-corrected chi connectivity index (χ0v) is 20.2. The maximum Gasteiger partial charge on any atom is 0.263 e. The van der Waals surface area contributed by atoms with Gasteiger partial charge in [0, 0.05) is 28.9 Å². The number of hydrogen-bond donors (Lipinski definition) is 1. The van der Waals surface area contributed by atoms with Crippen molar-refractivity contribution in [1.82, 2.24) is 14.9 Å². The predicted octanol–water partition coefficient (Wildman–Crippen LogP) is 4.67. The fourth-order valence-electron chi connectivity index (χ4n) is 3.33. The van der Waals surface area contributed by atoms with Crippen molar-refractivity contribution in [3.8, 4) is 16.2 Å². The average molecular weight is 486 g/mol. The molecule has 0 unspecified atom stereocenters. The van der Waals surface area contributed by atoms with E-state index in [9.17, 15) is 9.59 Å². The first-order valence-electron chi connectivity index (χ1n) is 10.2. The Balaban J connectivity index is 1.41. The number of methoxy groups -OCH3 is 1. The summed E-state index contributed by atoms with van der Waals surface area (Å²) in [6, 6.07) is 11.8. The summed E-state index contributed by atoms with van der Waals surface area (Å²) in [7, 11) is 1.64. The molecule has 1 aromatic carbocycles. The molecule has 0 spiro atoms. The standard InChI is InChI=1S/C23H23N3O3S3/c1-3-26-22(28)20-17(18-5-4-12-30-18)13-31-21(20)25-23(26)32-14-19(27)24-11-10-15-6-8-16(29-2)9-7-15/h4-9,12-13H,3,10-11,14H2,1-2H3,(H,24,27). The van der Waals surface area contributed by atoms with Crippen LogP contribution in [0.5, 0.6) is 5.75 Å². The van der Waals surface area contributed by atoms with Crippen LogP contribution in [0.3, 0.4) is 0 Å². The number of rotatable bonds is 9. The lowest BCUT2D eigenvalue weighted by atomic mass is 10.1. The van der Waals surface area contributed by atoms with Crippen LogP contribution in [0.25, 0.3) is 20.7 Å². The Morgan fingerprint density at radius 2 is 2.03 bits per heavy atom. The highest BCUT2D eigenvalue weighted by Gasteiger charge is 2.18. The summed E-state index contributed by atoms with van der Waals surface area (Å²) in [5, 5.41) is 8.17. The molecule has 9 heteroatoms. The van der Waals surface area contributed by atoms with Crippen LogP contribution in [0.4, 0.5) is 0 Å². The van der Waals surface area contributed by atoms with Crippen LogP contribution in [0.2, 0.25) is 0 Å². The van der Waals surface area contributed by atoms with E-state index in [0.717, 1.165) is 28.2 Å². The summed E-state index contributed by atoms with van der Waals surface area (Å²) in [5.41, 5.74) is 2.02. The highest BCUT2D eigenvalue weighted by atomic mass is 32.2. The van der Waals surface area contributed by atoms with Crippen LogP contribution in [-0.2, 0) is 17.8 Å². The van der Waals surface area contributed by atoms with Gasteiger partial charge in [-0.05, 0) is 42.5 Å². The lowest BCUT2D eigenvalue weighted by Crippen LogP contribution is -2.28.